The molecule has 1 heterocycles. The highest BCUT2D eigenvalue weighted by molar-refractivity contribution is 9.10. The van der Waals surface area contributed by atoms with Gasteiger partial charge in [-0.1, -0.05) is 39.7 Å². The van der Waals surface area contributed by atoms with Gasteiger partial charge in [-0.25, -0.2) is 9.78 Å². The first-order chi connectivity index (χ1) is 16.8. The number of carboxylic acid groups (broad SMARTS) is 1. The fourth-order valence-corrected chi connectivity index (χ4v) is 4.06. The molecule has 0 aliphatic rings. The molecule has 178 valence electrons. The molecule has 0 aliphatic heterocycles. The van der Waals surface area contributed by atoms with E-state index in [0.717, 1.165) is 4.47 Å². The van der Waals surface area contributed by atoms with Crippen molar-refractivity contribution in [3.63, 3.8) is 0 Å². The average Bonchev–Trinajstić information content (AvgIpc) is 2.83. The fraction of sp³-hybridized carbons (Fsp3) is 0.120. The van der Waals surface area contributed by atoms with Gasteiger partial charge in [-0.05, 0) is 60.5 Å². The predicted octanol–water partition coefficient (Wildman–Crippen LogP) is 5.29. The van der Waals surface area contributed by atoms with Crippen molar-refractivity contribution in [2.75, 3.05) is 7.11 Å². The van der Waals surface area contributed by atoms with Gasteiger partial charge in [-0.2, -0.15) is 9.78 Å². The van der Waals surface area contributed by atoms with Gasteiger partial charge in [0.05, 0.1) is 34.8 Å². The normalized spacial score (nSPS) is 11.2. The molecule has 0 spiro atoms. The van der Waals surface area contributed by atoms with Gasteiger partial charge in [-0.15, -0.1) is 0 Å². The number of benzene rings is 3. The van der Waals surface area contributed by atoms with Crippen molar-refractivity contribution in [3.05, 3.63) is 97.0 Å². The van der Waals surface area contributed by atoms with E-state index < -0.39 is 5.97 Å². The van der Waals surface area contributed by atoms with Crippen molar-refractivity contribution in [1.29, 1.82) is 0 Å². The van der Waals surface area contributed by atoms with E-state index in [9.17, 15) is 9.59 Å². The Bertz CT molecular complexity index is 1530. The third-order valence-corrected chi connectivity index (χ3v) is 5.88. The van der Waals surface area contributed by atoms with Gasteiger partial charge in [0.15, 0.2) is 11.5 Å². The number of aromatic carboxylic acids is 1. The van der Waals surface area contributed by atoms with E-state index in [-0.39, 0.29) is 22.8 Å². The fourth-order valence-electron chi connectivity index (χ4n) is 3.42. The molecule has 0 aliphatic carbocycles. The standard InChI is InChI=1S/C25H19BrClN3O5/c1-14-29-21-7-6-18(26)11-19(21)24(31)30(14)28-12-16-9-20(27)23(22(10-16)34-2)35-13-15-4-3-5-17(8-15)25(32)33/h3-12H,13H2,1-2H3,(H,32,33). The smallest absolute Gasteiger partial charge is 0.335 e. The van der Waals surface area contributed by atoms with Crippen LogP contribution >= 0.6 is 27.5 Å². The van der Waals surface area contributed by atoms with Crippen LogP contribution in [0.5, 0.6) is 11.5 Å². The molecule has 35 heavy (non-hydrogen) atoms. The van der Waals surface area contributed by atoms with E-state index in [1.54, 1.807) is 43.3 Å². The zero-order chi connectivity index (χ0) is 25.1. The van der Waals surface area contributed by atoms with Crippen LogP contribution in [0.3, 0.4) is 0 Å². The minimum absolute atomic E-state index is 0.0948. The Labute approximate surface area is 213 Å². The molecule has 4 rings (SSSR count). The van der Waals surface area contributed by atoms with Crippen molar-refractivity contribution in [1.82, 2.24) is 9.66 Å². The molecular weight excluding hydrogens is 538 g/mol. The number of nitrogens with zero attached hydrogens (tertiary/aromatic N) is 3. The van der Waals surface area contributed by atoms with Crippen molar-refractivity contribution in [2.24, 2.45) is 5.10 Å². The summed E-state index contributed by atoms with van der Waals surface area (Å²) in [7, 11) is 1.48. The molecule has 0 saturated carbocycles. The molecule has 10 heteroatoms. The lowest BCUT2D eigenvalue weighted by Crippen LogP contribution is -2.20. The molecule has 0 saturated heterocycles. The number of carbonyl (C=O) groups is 1. The molecule has 1 aromatic heterocycles. The van der Waals surface area contributed by atoms with Crippen LogP contribution in [0.4, 0.5) is 0 Å². The number of halogens is 2. The van der Waals surface area contributed by atoms with Crippen molar-refractivity contribution in [3.8, 4) is 11.5 Å². The van der Waals surface area contributed by atoms with Crippen LogP contribution in [0.2, 0.25) is 5.02 Å². The molecule has 4 aromatic rings. The summed E-state index contributed by atoms with van der Waals surface area (Å²) < 4.78 is 13.3. The summed E-state index contributed by atoms with van der Waals surface area (Å²) in [6, 6.07) is 15.0. The Balaban J connectivity index is 1.62. The first-order valence-electron chi connectivity index (χ1n) is 10.3. The third-order valence-electron chi connectivity index (χ3n) is 5.10. The molecule has 3 aromatic carbocycles. The Hall–Kier alpha value is -3.69. The van der Waals surface area contributed by atoms with E-state index in [4.69, 9.17) is 26.2 Å². The number of hydrogen-bond acceptors (Lipinski definition) is 6. The van der Waals surface area contributed by atoms with Gasteiger partial charge < -0.3 is 14.6 Å². The molecule has 0 unspecified atom stereocenters. The highest BCUT2D eigenvalue weighted by Crippen LogP contribution is 2.36. The molecule has 8 nitrogen and oxygen atoms in total. The summed E-state index contributed by atoms with van der Waals surface area (Å²) in [5.74, 6) is 0.0768. The second-order valence-electron chi connectivity index (χ2n) is 7.51. The van der Waals surface area contributed by atoms with E-state index in [0.29, 0.717) is 39.4 Å². The van der Waals surface area contributed by atoms with Crippen LogP contribution in [0.25, 0.3) is 10.9 Å². The average molecular weight is 557 g/mol. The lowest BCUT2D eigenvalue weighted by molar-refractivity contribution is 0.0696. The second kappa shape index (κ2) is 10.3. The zero-order valence-corrected chi connectivity index (χ0v) is 21.0. The van der Waals surface area contributed by atoms with Gasteiger partial charge in [0.25, 0.3) is 5.56 Å². The minimum atomic E-state index is -1.02. The van der Waals surface area contributed by atoms with Crippen molar-refractivity contribution in [2.45, 2.75) is 13.5 Å². The van der Waals surface area contributed by atoms with Crippen LogP contribution in [-0.2, 0) is 6.61 Å². The summed E-state index contributed by atoms with van der Waals surface area (Å²) >= 11 is 9.83. The van der Waals surface area contributed by atoms with Gasteiger partial charge in [0.1, 0.15) is 12.4 Å². The lowest BCUT2D eigenvalue weighted by Gasteiger charge is -2.13. The van der Waals surface area contributed by atoms with Gasteiger partial charge in [0, 0.05) is 4.47 Å². The second-order valence-corrected chi connectivity index (χ2v) is 8.83. The van der Waals surface area contributed by atoms with Crippen LogP contribution in [-0.4, -0.2) is 34.1 Å². The summed E-state index contributed by atoms with van der Waals surface area (Å²) in [4.78, 5) is 28.6. The number of hydrogen-bond donors (Lipinski definition) is 1. The van der Waals surface area contributed by atoms with Crippen LogP contribution in [0.1, 0.15) is 27.3 Å². The first-order valence-corrected chi connectivity index (χ1v) is 11.5. The Morgan fingerprint density at radius 2 is 2.03 bits per heavy atom. The van der Waals surface area contributed by atoms with Crippen molar-refractivity contribution >= 4 is 50.6 Å². The maximum absolute atomic E-state index is 12.9. The van der Waals surface area contributed by atoms with Crippen LogP contribution in [0.15, 0.2) is 69.0 Å². The molecule has 0 bridgehead atoms. The number of ether oxygens (including phenoxy) is 2. The number of aromatic nitrogens is 2. The van der Waals surface area contributed by atoms with Gasteiger partial charge in [-0.3, -0.25) is 4.79 Å². The van der Waals surface area contributed by atoms with Crippen molar-refractivity contribution < 1.29 is 19.4 Å². The summed E-state index contributed by atoms with van der Waals surface area (Å²) in [5, 5.41) is 14.2. The number of methoxy groups -OCH3 is 1. The lowest BCUT2D eigenvalue weighted by atomic mass is 10.1. The Morgan fingerprint density at radius 3 is 2.77 bits per heavy atom. The first kappa shape index (κ1) is 24.4. The molecule has 1 N–H and O–H groups in total. The largest absolute Gasteiger partial charge is 0.493 e. The summed E-state index contributed by atoms with van der Waals surface area (Å²) in [6.45, 7) is 1.79. The number of aryl methyl sites for hydroxylation is 1. The van der Waals surface area contributed by atoms with Crippen LogP contribution in [0, 0.1) is 6.92 Å². The van der Waals surface area contributed by atoms with E-state index in [1.807, 2.05) is 6.07 Å². The van der Waals surface area contributed by atoms with Gasteiger partial charge in [0.2, 0.25) is 0 Å². The highest BCUT2D eigenvalue weighted by Gasteiger charge is 2.13. The molecule has 0 fully saturated rings. The Morgan fingerprint density at radius 1 is 1.23 bits per heavy atom. The van der Waals surface area contributed by atoms with Crippen LogP contribution < -0.4 is 15.0 Å². The predicted molar refractivity (Wildman–Crippen MR) is 137 cm³/mol. The molecule has 0 atom stereocenters. The third kappa shape index (κ3) is 5.36. The van der Waals surface area contributed by atoms with E-state index >= 15 is 0 Å². The number of fused-ring (bicyclic) bond motifs is 1. The maximum atomic E-state index is 12.9. The van der Waals surface area contributed by atoms with Gasteiger partial charge >= 0.3 is 5.97 Å². The summed E-state index contributed by atoms with van der Waals surface area (Å²) in [6.07, 6.45) is 1.48. The topological polar surface area (TPSA) is 103 Å². The highest BCUT2D eigenvalue weighted by atomic mass is 79.9. The van der Waals surface area contributed by atoms with E-state index in [2.05, 4.69) is 26.0 Å². The number of carboxylic acids is 1. The van der Waals surface area contributed by atoms with E-state index in [1.165, 1.54) is 30.1 Å². The quantitative estimate of drug-likeness (QED) is 0.310. The summed E-state index contributed by atoms with van der Waals surface area (Å²) in [5.41, 5.74) is 1.69. The Kier molecular flexibility index (Phi) is 7.18. The SMILES string of the molecule is COc1cc(C=Nn2c(C)nc3ccc(Br)cc3c2=O)cc(Cl)c1OCc1cccc(C(=O)O)c1. The minimum Gasteiger partial charge on any atom is -0.493 e. The zero-order valence-electron chi connectivity index (χ0n) is 18.7. The monoisotopic (exact) mass is 555 g/mol. The maximum Gasteiger partial charge on any atom is 0.335 e. The number of rotatable bonds is 7. The molecule has 0 amide bonds. The molecule has 0 radical (unpaired) electrons. The molecular formula is C25H19BrClN3O5.